The van der Waals surface area contributed by atoms with Crippen molar-refractivity contribution in [1.82, 2.24) is 0 Å². The quantitative estimate of drug-likeness (QED) is 0.784. The highest BCUT2D eigenvalue weighted by Gasteiger charge is 2.17. The zero-order valence-corrected chi connectivity index (χ0v) is 12.2. The fourth-order valence-electron chi connectivity index (χ4n) is 1.33. The van der Waals surface area contributed by atoms with Crippen LogP contribution in [0.1, 0.15) is 20.3 Å². The zero-order valence-electron chi connectivity index (χ0n) is 9.81. The van der Waals surface area contributed by atoms with Gasteiger partial charge in [-0.1, -0.05) is 15.9 Å². The summed E-state index contributed by atoms with van der Waals surface area (Å²) < 4.78 is 17.9. The molecule has 0 radical (unpaired) electrons. The third-order valence-electron chi connectivity index (χ3n) is 2.17. The molecule has 2 unspecified atom stereocenters. The first-order valence-corrected chi connectivity index (χ1v) is 7.37. The molecule has 0 fully saturated rings. The van der Waals surface area contributed by atoms with Gasteiger partial charge in [0.1, 0.15) is 0 Å². The molecule has 1 rings (SSSR count). The lowest BCUT2D eigenvalue weighted by atomic mass is 10.3. The van der Waals surface area contributed by atoms with Crippen LogP contribution in [-0.2, 0) is 20.3 Å². The normalized spacial score (nSPS) is 14.1. The molecule has 0 aliphatic carbocycles. The van der Waals surface area contributed by atoms with Gasteiger partial charge in [0.25, 0.3) is 0 Å². The van der Waals surface area contributed by atoms with Crippen LogP contribution in [0.25, 0.3) is 0 Å². The molecule has 0 bridgehead atoms. The number of rotatable bonds is 5. The van der Waals surface area contributed by atoms with Crippen LogP contribution >= 0.6 is 15.9 Å². The first-order valence-electron chi connectivity index (χ1n) is 5.36. The van der Waals surface area contributed by atoms with Gasteiger partial charge < -0.3 is 4.74 Å². The Morgan fingerprint density at radius 1 is 1.41 bits per heavy atom. The Balaban J connectivity index is 2.63. The molecule has 0 aromatic heterocycles. The van der Waals surface area contributed by atoms with Crippen LogP contribution in [0.15, 0.2) is 33.6 Å². The number of carbonyl (C=O) groups excluding carboxylic acids is 1. The van der Waals surface area contributed by atoms with E-state index < -0.39 is 10.8 Å². The molecule has 5 heteroatoms. The van der Waals surface area contributed by atoms with Crippen molar-refractivity contribution in [3.63, 3.8) is 0 Å². The summed E-state index contributed by atoms with van der Waals surface area (Å²) in [6.07, 6.45) is 0.177. The lowest BCUT2D eigenvalue weighted by Gasteiger charge is -2.10. The minimum Gasteiger partial charge on any atom is -0.466 e. The number of hydrogen-bond acceptors (Lipinski definition) is 3. The van der Waals surface area contributed by atoms with E-state index in [9.17, 15) is 9.00 Å². The van der Waals surface area contributed by atoms with Crippen molar-refractivity contribution in [2.75, 3.05) is 6.61 Å². The maximum absolute atomic E-state index is 12.1. The van der Waals surface area contributed by atoms with Crippen LogP contribution in [0.5, 0.6) is 0 Å². The maximum Gasteiger partial charge on any atom is 0.306 e. The molecule has 0 saturated heterocycles. The molecular weight excluding hydrogens is 304 g/mol. The molecule has 0 N–H and O–H groups in total. The number of esters is 1. The molecule has 94 valence electrons. The minimum absolute atomic E-state index is 0.177. The summed E-state index contributed by atoms with van der Waals surface area (Å²) in [6.45, 7) is 3.90. The Morgan fingerprint density at radius 3 is 2.53 bits per heavy atom. The summed E-state index contributed by atoms with van der Waals surface area (Å²) in [5, 5.41) is -0.241. The molecule has 3 nitrogen and oxygen atoms in total. The van der Waals surface area contributed by atoms with Crippen molar-refractivity contribution in [3.05, 3.63) is 28.7 Å². The van der Waals surface area contributed by atoms with E-state index in [1.807, 2.05) is 12.1 Å². The van der Waals surface area contributed by atoms with E-state index in [2.05, 4.69) is 15.9 Å². The van der Waals surface area contributed by atoms with E-state index in [1.54, 1.807) is 26.0 Å². The second-order valence-corrected chi connectivity index (χ2v) is 6.36. The number of ether oxygens (including phenoxy) is 1. The molecule has 0 heterocycles. The lowest BCUT2D eigenvalue weighted by molar-refractivity contribution is -0.143. The van der Waals surface area contributed by atoms with Gasteiger partial charge in [-0.2, -0.15) is 0 Å². The van der Waals surface area contributed by atoms with Gasteiger partial charge in [0.2, 0.25) is 0 Å². The first-order chi connectivity index (χ1) is 8.04. The Bertz CT molecular complexity index is 403. The summed E-state index contributed by atoms with van der Waals surface area (Å²) in [7, 11) is -1.18. The molecule has 0 spiro atoms. The van der Waals surface area contributed by atoms with E-state index in [0.29, 0.717) is 6.61 Å². The van der Waals surface area contributed by atoms with Crippen molar-refractivity contribution in [3.8, 4) is 0 Å². The smallest absolute Gasteiger partial charge is 0.306 e. The largest absolute Gasteiger partial charge is 0.466 e. The zero-order chi connectivity index (χ0) is 12.8. The summed E-state index contributed by atoms with van der Waals surface area (Å²) in [6, 6.07) is 7.26. The first kappa shape index (κ1) is 14.4. The second kappa shape index (κ2) is 6.91. The Labute approximate surface area is 112 Å². The van der Waals surface area contributed by atoms with E-state index >= 15 is 0 Å². The topological polar surface area (TPSA) is 43.4 Å². The van der Waals surface area contributed by atoms with Crippen molar-refractivity contribution in [1.29, 1.82) is 0 Å². The van der Waals surface area contributed by atoms with Crippen LogP contribution in [0.2, 0.25) is 0 Å². The van der Waals surface area contributed by atoms with Crippen LogP contribution in [0.3, 0.4) is 0 Å². The predicted molar refractivity (Wildman–Crippen MR) is 71.3 cm³/mol. The highest BCUT2D eigenvalue weighted by Crippen LogP contribution is 2.17. The van der Waals surface area contributed by atoms with Crippen molar-refractivity contribution in [2.24, 2.45) is 0 Å². The molecule has 2 atom stereocenters. The summed E-state index contributed by atoms with van der Waals surface area (Å²) in [4.78, 5) is 12.0. The van der Waals surface area contributed by atoms with Crippen LogP contribution in [-0.4, -0.2) is 22.0 Å². The molecule has 1 aromatic carbocycles. The van der Waals surface area contributed by atoms with Gasteiger partial charge in [-0.15, -0.1) is 0 Å². The molecular formula is C12H15BrO3S. The van der Waals surface area contributed by atoms with E-state index in [0.717, 1.165) is 9.37 Å². The third-order valence-corrected chi connectivity index (χ3v) is 4.33. The molecule has 0 saturated carbocycles. The minimum atomic E-state index is -1.18. The summed E-state index contributed by atoms with van der Waals surface area (Å²) in [5.74, 6) is -0.300. The fraction of sp³-hybridized carbons (Fsp3) is 0.417. The van der Waals surface area contributed by atoms with E-state index in [1.165, 1.54) is 0 Å². The van der Waals surface area contributed by atoms with Gasteiger partial charge in [-0.25, -0.2) is 0 Å². The van der Waals surface area contributed by atoms with Crippen LogP contribution in [0, 0.1) is 0 Å². The van der Waals surface area contributed by atoms with Crippen LogP contribution in [0.4, 0.5) is 0 Å². The molecule has 0 aliphatic heterocycles. The highest BCUT2D eigenvalue weighted by atomic mass is 79.9. The lowest BCUT2D eigenvalue weighted by Crippen LogP contribution is -2.18. The van der Waals surface area contributed by atoms with Gasteiger partial charge in [0.05, 0.1) is 23.8 Å². The van der Waals surface area contributed by atoms with Gasteiger partial charge in [-0.3, -0.25) is 9.00 Å². The van der Waals surface area contributed by atoms with Crippen LogP contribution < -0.4 is 0 Å². The third kappa shape index (κ3) is 4.60. The molecule has 17 heavy (non-hydrogen) atoms. The maximum atomic E-state index is 12.1. The predicted octanol–water partition coefficient (Wildman–Crippen LogP) is 2.90. The highest BCUT2D eigenvalue weighted by molar-refractivity contribution is 9.10. The Hall–Kier alpha value is -0.680. The van der Waals surface area contributed by atoms with Gasteiger partial charge in [0.15, 0.2) is 0 Å². The fourth-order valence-corrected chi connectivity index (χ4v) is 2.75. The Kier molecular flexibility index (Phi) is 5.85. The number of hydrogen-bond donors (Lipinski definition) is 0. The number of halogens is 1. The van der Waals surface area contributed by atoms with E-state index in [4.69, 9.17) is 4.74 Å². The second-order valence-electron chi connectivity index (χ2n) is 3.57. The van der Waals surface area contributed by atoms with Crippen molar-refractivity contribution >= 4 is 32.7 Å². The van der Waals surface area contributed by atoms with E-state index in [-0.39, 0.29) is 17.6 Å². The number of benzene rings is 1. The summed E-state index contributed by atoms with van der Waals surface area (Å²) in [5.41, 5.74) is 0. The molecule has 0 amide bonds. The van der Waals surface area contributed by atoms with Gasteiger partial charge >= 0.3 is 5.97 Å². The number of carbonyl (C=O) groups is 1. The molecule has 1 aromatic rings. The Morgan fingerprint density at radius 2 is 2.00 bits per heavy atom. The average molecular weight is 319 g/mol. The van der Waals surface area contributed by atoms with Crippen molar-refractivity contribution in [2.45, 2.75) is 30.4 Å². The van der Waals surface area contributed by atoms with Gasteiger partial charge in [0, 0.05) is 14.6 Å². The monoisotopic (exact) mass is 318 g/mol. The standard InChI is InChI=1S/C12H15BrO3S/c1-3-16-12(14)8-9(2)17(15)11-6-4-10(13)5-7-11/h4-7,9H,3,8H2,1-2H3. The van der Waals surface area contributed by atoms with Crippen molar-refractivity contribution < 1.29 is 13.7 Å². The molecule has 0 aliphatic rings. The average Bonchev–Trinajstić information content (AvgIpc) is 2.29. The SMILES string of the molecule is CCOC(=O)CC(C)S(=O)c1ccc(Br)cc1. The summed E-state index contributed by atoms with van der Waals surface area (Å²) >= 11 is 3.32. The van der Waals surface area contributed by atoms with Gasteiger partial charge in [-0.05, 0) is 38.1 Å².